The van der Waals surface area contributed by atoms with Crippen LogP contribution in [0.4, 0.5) is 0 Å². The number of ether oxygens (including phenoxy) is 7. The molecule has 1 aromatic carbocycles. The molecule has 1 aromatic heterocycles. The molecular formula is C45H74ClN5O11. The smallest absolute Gasteiger partial charge is 0.311 e. The first kappa shape index (κ1) is 50.7. The monoisotopic (exact) mass is 896 g/mol. The van der Waals surface area contributed by atoms with E-state index in [1.807, 2.05) is 79.0 Å². The molecule has 352 valence electrons. The number of aliphatic hydroxyl groups excluding tert-OH is 3. The minimum atomic E-state index is -1.11. The van der Waals surface area contributed by atoms with E-state index >= 15 is 0 Å². The highest BCUT2D eigenvalue weighted by atomic mass is 35.5. The summed E-state index contributed by atoms with van der Waals surface area (Å²) in [5.41, 5.74) is -0.575. The summed E-state index contributed by atoms with van der Waals surface area (Å²) in [6.07, 6.45) is -4.37. The van der Waals surface area contributed by atoms with E-state index in [0.29, 0.717) is 36.6 Å². The Hall–Kier alpha value is -2.32. The highest BCUT2D eigenvalue weighted by Gasteiger charge is 2.52. The Morgan fingerprint density at radius 3 is 2.21 bits per heavy atom. The van der Waals surface area contributed by atoms with Crippen molar-refractivity contribution in [2.24, 2.45) is 23.7 Å². The van der Waals surface area contributed by atoms with Crippen LogP contribution in [0, 0.1) is 23.7 Å². The summed E-state index contributed by atoms with van der Waals surface area (Å²) in [7, 11) is 8.92. The molecule has 3 saturated heterocycles. The molecule has 2 aromatic rings. The number of carbonyl (C=O) groups excluding carboxylic acids is 1. The molecule has 3 N–H and O–H groups in total. The topological polar surface area (TPSA) is 180 Å². The van der Waals surface area contributed by atoms with Crippen LogP contribution in [-0.2, 0) is 44.5 Å². The summed E-state index contributed by atoms with van der Waals surface area (Å²) in [6.45, 7) is 15.9. The average molecular weight is 897 g/mol. The Balaban J connectivity index is 1.54. The fourth-order valence-electron chi connectivity index (χ4n) is 9.73. The number of likely N-dealkylation sites (N-methyl/N-ethyl adjacent to an activating group) is 2. The number of aliphatic hydroxyl groups is 3. The lowest BCUT2D eigenvalue weighted by molar-refractivity contribution is -0.319. The number of nitrogens with zero attached hydrogens (tertiary/aromatic N) is 5. The van der Waals surface area contributed by atoms with Crippen LogP contribution in [0.15, 0.2) is 30.5 Å². The fourth-order valence-corrected chi connectivity index (χ4v) is 9.86. The molecule has 17 atom stereocenters. The number of hydrogen-bond donors (Lipinski definition) is 3. The van der Waals surface area contributed by atoms with Crippen molar-refractivity contribution in [2.75, 3.05) is 48.5 Å². The van der Waals surface area contributed by atoms with Crippen molar-refractivity contribution in [1.82, 2.24) is 24.8 Å². The predicted molar refractivity (Wildman–Crippen MR) is 233 cm³/mol. The van der Waals surface area contributed by atoms with E-state index in [-0.39, 0.29) is 43.1 Å². The maximum atomic E-state index is 14.5. The molecule has 4 heterocycles. The van der Waals surface area contributed by atoms with E-state index in [1.54, 1.807) is 44.7 Å². The van der Waals surface area contributed by atoms with Gasteiger partial charge in [0.2, 0.25) is 0 Å². The molecule has 5 rings (SSSR count). The van der Waals surface area contributed by atoms with E-state index in [4.69, 9.17) is 44.8 Å². The van der Waals surface area contributed by atoms with Crippen LogP contribution in [0.3, 0.4) is 0 Å². The van der Waals surface area contributed by atoms with Crippen LogP contribution in [0.1, 0.15) is 74.7 Å². The summed E-state index contributed by atoms with van der Waals surface area (Å²) in [6, 6.07) is 6.75. The highest BCUT2D eigenvalue weighted by Crippen LogP contribution is 2.41. The highest BCUT2D eigenvalue weighted by molar-refractivity contribution is 6.30. The molecule has 0 saturated carbocycles. The maximum Gasteiger partial charge on any atom is 0.311 e. The second-order valence-electron chi connectivity index (χ2n) is 19.0. The van der Waals surface area contributed by atoms with E-state index in [0.717, 1.165) is 5.56 Å². The van der Waals surface area contributed by atoms with Crippen molar-refractivity contribution in [2.45, 2.75) is 160 Å². The molecule has 3 fully saturated rings. The van der Waals surface area contributed by atoms with Gasteiger partial charge in [0.05, 0.1) is 66.4 Å². The van der Waals surface area contributed by atoms with Gasteiger partial charge in [-0.3, -0.25) is 14.4 Å². The average Bonchev–Trinajstić information content (AvgIpc) is 3.70. The summed E-state index contributed by atoms with van der Waals surface area (Å²) in [5.74, 6) is -2.55. The Labute approximate surface area is 373 Å². The number of esters is 1. The summed E-state index contributed by atoms with van der Waals surface area (Å²) >= 11 is 6.13. The van der Waals surface area contributed by atoms with Gasteiger partial charge in [-0.05, 0) is 92.6 Å². The first-order valence-corrected chi connectivity index (χ1v) is 22.4. The van der Waals surface area contributed by atoms with Crippen LogP contribution in [0.2, 0.25) is 5.02 Å². The third-order valence-electron chi connectivity index (χ3n) is 13.9. The third kappa shape index (κ3) is 11.7. The maximum absolute atomic E-state index is 14.5. The van der Waals surface area contributed by atoms with Gasteiger partial charge in [0.1, 0.15) is 24.5 Å². The van der Waals surface area contributed by atoms with E-state index in [9.17, 15) is 20.1 Å². The number of aromatic nitrogens is 3. The van der Waals surface area contributed by atoms with Crippen molar-refractivity contribution in [3.05, 3.63) is 35.5 Å². The minimum Gasteiger partial charge on any atom is -0.464 e. The number of methoxy groups -OCH3 is 2. The van der Waals surface area contributed by atoms with E-state index in [1.165, 1.54) is 7.11 Å². The molecule has 62 heavy (non-hydrogen) atoms. The number of cyclic esters (lactones) is 1. The molecule has 0 amide bonds. The first-order valence-electron chi connectivity index (χ1n) is 22.1. The Morgan fingerprint density at radius 2 is 1.58 bits per heavy atom. The van der Waals surface area contributed by atoms with Crippen LogP contribution in [0.5, 0.6) is 0 Å². The molecular weight excluding hydrogens is 822 g/mol. The Kier molecular flexibility index (Phi) is 17.4. The van der Waals surface area contributed by atoms with Crippen molar-refractivity contribution in [3.8, 4) is 11.3 Å². The van der Waals surface area contributed by atoms with Crippen LogP contribution < -0.4 is 0 Å². The van der Waals surface area contributed by atoms with Crippen molar-refractivity contribution >= 4 is 17.6 Å². The molecule has 17 heteroatoms. The third-order valence-corrected chi connectivity index (χ3v) is 14.1. The number of hydrogen-bond acceptors (Lipinski definition) is 15. The zero-order valence-electron chi connectivity index (χ0n) is 39.0. The molecule has 3 aliphatic rings. The standard InChI is InChI=1S/C45H74ClN5O11/c1-25-19-45(8,57-13)41(62-43-38(53)35(49(9)10)18-27(3)59-43)28(4)39(61-36-20-44(7,56-12)40(54)30(6)60-36)29(5)42(55)58-24-33(50(11)21-26(2)37(25)52)22-51-23-34(47-48-51)31-14-16-32(46)17-15-31/h14-17,23,25-30,33,35-41,43,52-54H,18-22,24H2,1-13H3/t25-,26-,27-,28+,29-,30+,33-,35+,36+,37+,38-,39+,40+,41-,43+,44-,45-/m1/s1. The summed E-state index contributed by atoms with van der Waals surface area (Å²) in [4.78, 5) is 18.6. The number of benzene rings is 1. The number of carbonyl (C=O) groups is 1. The zero-order chi connectivity index (χ0) is 45.8. The van der Waals surface area contributed by atoms with Gasteiger partial charge in [-0.15, -0.1) is 5.10 Å². The normalized spacial score (nSPS) is 41.1. The van der Waals surface area contributed by atoms with Crippen LogP contribution >= 0.6 is 11.6 Å². The largest absolute Gasteiger partial charge is 0.464 e. The zero-order valence-corrected chi connectivity index (χ0v) is 39.8. The van der Waals surface area contributed by atoms with Crippen molar-refractivity contribution < 1.29 is 53.3 Å². The SMILES string of the molecule is CO[C@]1(C)C[C@@H](C)[C@H](O)[C@H](C)CN(C)[C@H](Cn2cc(-c3ccc(Cl)cc3)nn2)COC(=O)[C@H](C)[C@@H](O[C@H]2C[C@@](C)(OC)[C@@H](O)[C@H](C)O2)[C@H](C)[C@H]1O[C@@H]1O[C@H](C)C[C@H](N(C)C)[C@H]1O. The summed E-state index contributed by atoms with van der Waals surface area (Å²) < 4.78 is 46.7. The molecule has 0 bridgehead atoms. The van der Waals surface area contributed by atoms with Crippen molar-refractivity contribution in [3.63, 3.8) is 0 Å². The van der Waals surface area contributed by atoms with Gasteiger partial charge in [0.25, 0.3) is 0 Å². The molecule has 16 nitrogen and oxygen atoms in total. The second kappa shape index (κ2) is 21.3. The van der Waals surface area contributed by atoms with Gasteiger partial charge in [0, 0.05) is 49.7 Å². The minimum absolute atomic E-state index is 0.00180. The molecule has 0 unspecified atom stereocenters. The Bertz CT molecular complexity index is 1720. The lowest BCUT2D eigenvalue weighted by Crippen LogP contribution is -2.61. The van der Waals surface area contributed by atoms with Gasteiger partial charge in [-0.2, -0.15) is 0 Å². The number of rotatable bonds is 10. The fraction of sp³-hybridized carbons (Fsp3) is 0.800. The molecule has 0 radical (unpaired) electrons. The van der Waals surface area contributed by atoms with Gasteiger partial charge < -0.3 is 53.4 Å². The lowest BCUT2D eigenvalue weighted by atomic mass is 9.75. The van der Waals surface area contributed by atoms with Gasteiger partial charge in [0.15, 0.2) is 12.6 Å². The molecule has 0 aliphatic carbocycles. The van der Waals surface area contributed by atoms with Gasteiger partial charge in [-0.25, -0.2) is 0 Å². The Morgan fingerprint density at radius 1 is 0.919 bits per heavy atom. The molecule has 0 spiro atoms. The molecule has 3 aliphatic heterocycles. The van der Waals surface area contributed by atoms with Crippen molar-refractivity contribution in [1.29, 1.82) is 0 Å². The van der Waals surface area contributed by atoms with Gasteiger partial charge in [-0.1, -0.05) is 49.7 Å². The predicted octanol–water partition coefficient (Wildman–Crippen LogP) is 4.25. The summed E-state index contributed by atoms with van der Waals surface area (Å²) in [5, 5.41) is 44.3. The van der Waals surface area contributed by atoms with E-state index < -0.39 is 78.2 Å². The van der Waals surface area contributed by atoms with Crippen LogP contribution in [0.25, 0.3) is 11.3 Å². The quantitative estimate of drug-likeness (QED) is 0.288. The lowest BCUT2D eigenvalue weighted by Gasteiger charge is -2.49. The first-order chi connectivity index (χ1) is 29.1. The number of halogens is 1. The van der Waals surface area contributed by atoms with E-state index in [2.05, 4.69) is 15.2 Å². The van der Waals surface area contributed by atoms with Gasteiger partial charge >= 0.3 is 5.97 Å². The van der Waals surface area contributed by atoms with Crippen LogP contribution in [-0.4, -0.2) is 173 Å². The second-order valence-corrected chi connectivity index (χ2v) is 19.5.